The highest BCUT2D eigenvalue weighted by Crippen LogP contribution is 2.30. The molecule has 2 amide bonds. The van der Waals surface area contributed by atoms with Crippen molar-refractivity contribution in [1.82, 2.24) is 10.2 Å². The molecule has 3 aromatic rings. The van der Waals surface area contributed by atoms with Crippen LogP contribution < -0.4 is 14.4 Å². The van der Waals surface area contributed by atoms with Crippen molar-refractivity contribution in [1.29, 1.82) is 0 Å². The number of nitrogens with one attached hydrogen (secondary N) is 1. The van der Waals surface area contributed by atoms with E-state index in [2.05, 4.69) is 21.2 Å². The Kier molecular flexibility index (Phi) is 11.2. The predicted octanol–water partition coefficient (Wildman–Crippen LogP) is 5.74. The zero-order chi connectivity index (χ0) is 32.7. The zero-order valence-corrected chi connectivity index (χ0v) is 27.8. The van der Waals surface area contributed by atoms with E-state index in [1.807, 2.05) is 24.3 Å². The summed E-state index contributed by atoms with van der Waals surface area (Å²) in [4.78, 5) is 39.6. The highest BCUT2D eigenvalue weighted by atomic mass is 79.9. The summed E-state index contributed by atoms with van der Waals surface area (Å²) in [5, 5.41) is 14.7. The maximum atomic E-state index is 14.2. The number of hydrogen-bond donors (Lipinski definition) is 1. The van der Waals surface area contributed by atoms with Gasteiger partial charge in [-0.25, -0.2) is 8.42 Å². The largest absolute Gasteiger partial charge is 0.497 e. The van der Waals surface area contributed by atoms with E-state index in [-0.39, 0.29) is 34.8 Å². The van der Waals surface area contributed by atoms with Crippen LogP contribution in [0.1, 0.15) is 50.2 Å². The number of rotatable bonds is 12. The van der Waals surface area contributed by atoms with Crippen LogP contribution in [0.4, 0.5) is 11.4 Å². The van der Waals surface area contributed by atoms with E-state index in [1.54, 1.807) is 19.1 Å². The summed E-state index contributed by atoms with van der Waals surface area (Å²) in [5.41, 5.74) is 0.832. The molecule has 1 fully saturated rings. The lowest BCUT2D eigenvalue weighted by Gasteiger charge is -2.33. The molecule has 0 heterocycles. The Labute approximate surface area is 271 Å². The third-order valence-electron chi connectivity index (χ3n) is 7.99. The van der Waals surface area contributed by atoms with Gasteiger partial charge < -0.3 is 15.0 Å². The number of ether oxygens (including phenoxy) is 1. The quantitative estimate of drug-likeness (QED) is 0.188. The number of amides is 2. The van der Waals surface area contributed by atoms with Gasteiger partial charge in [0, 0.05) is 28.7 Å². The average Bonchev–Trinajstić information content (AvgIpc) is 3.03. The molecule has 0 radical (unpaired) electrons. The third kappa shape index (κ3) is 8.40. The van der Waals surface area contributed by atoms with Gasteiger partial charge in [0.1, 0.15) is 18.3 Å². The smallest absolute Gasteiger partial charge is 0.273 e. The molecule has 1 N–H and O–H groups in total. The third-order valence-corrected chi connectivity index (χ3v) is 10.3. The SMILES string of the molecule is COc1ccc(N(CC(=O)N(Cc2ccc(Br)cc2)[C@H](C)C(=O)NC2CCCCC2)S(=O)(=O)c2ccc(C)c([N+](=O)[O-])c2)cc1. The molecule has 0 saturated heterocycles. The highest BCUT2D eigenvalue weighted by Gasteiger charge is 2.34. The van der Waals surface area contributed by atoms with E-state index in [0.29, 0.717) is 11.3 Å². The van der Waals surface area contributed by atoms with Crippen molar-refractivity contribution in [2.45, 2.75) is 69.5 Å². The van der Waals surface area contributed by atoms with Gasteiger partial charge in [-0.05, 0) is 74.7 Å². The molecule has 11 nitrogen and oxygen atoms in total. The fourth-order valence-electron chi connectivity index (χ4n) is 5.29. The van der Waals surface area contributed by atoms with Crippen molar-refractivity contribution in [2.75, 3.05) is 18.0 Å². The second-order valence-electron chi connectivity index (χ2n) is 11.1. The molecule has 0 bridgehead atoms. The molecule has 1 atom stereocenters. The number of benzene rings is 3. The van der Waals surface area contributed by atoms with E-state index >= 15 is 0 Å². The van der Waals surface area contributed by atoms with Crippen molar-refractivity contribution in [3.8, 4) is 5.75 Å². The minimum absolute atomic E-state index is 0.0202. The number of methoxy groups -OCH3 is 1. The van der Waals surface area contributed by atoms with Gasteiger partial charge >= 0.3 is 0 Å². The topological polar surface area (TPSA) is 139 Å². The number of aryl methyl sites for hydroxylation is 1. The standard InChI is InChI=1S/C32H37BrN4O7S/c1-22-9-18-29(19-30(22)37(40)41)45(42,43)36(27-14-16-28(44-3)17-15-27)21-31(38)35(20-24-10-12-25(33)13-11-24)23(2)32(39)34-26-7-5-4-6-8-26/h9-19,23,26H,4-8,20-21H2,1-3H3,(H,34,39)/t23-/m1/s1. The summed E-state index contributed by atoms with van der Waals surface area (Å²) < 4.78 is 35.2. The minimum Gasteiger partial charge on any atom is -0.497 e. The van der Waals surface area contributed by atoms with Crippen LogP contribution in [0.5, 0.6) is 5.75 Å². The molecular weight excluding hydrogens is 664 g/mol. The van der Waals surface area contributed by atoms with Crippen molar-refractivity contribution in [3.05, 3.63) is 92.4 Å². The Morgan fingerprint density at radius 2 is 1.69 bits per heavy atom. The molecule has 1 aliphatic rings. The Morgan fingerprint density at radius 1 is 1.04 bits per heavy atom. The first kappa shape index (κ1) is 33.9. The predicted molar refractivity (Wildman–Crippen MR) is 175 cm³/mol. The molecule has 45 heavy (non-hydrogen) atoms. The van der Waals surface area contributed by atoms with E-state index in [0.717, 1.165) is 52.5 Å². The number of hydrogen-bond acceptors (Lipinski definition) is 7. The first-order valence-electron chi connectivity index (χ1n) is 14.7. The number of carbonyl (C=O) groups is 2. The summed E-state index contributed by atoms with van der Waals surface area (Å²) >= 11 is 3.41. The van der Waals surface area contributed by atoms with Crippen molar-refractivity contribution >= 4 is 49.1 Å². The van der Waals surface area contributed by atoms with Crippen molar-refractivity contribution in [3.63, 3.8) is 0 Å². The van der Waals surface area contributed by atoms with Crippen LogP contribution in [0, 0.1) is 17.0 Å². The van der Waals surface area contributed by atoms with Crippen molar-refractivity contribution in [2.24, 2.45) is 0 Å². The first-order valence-corrected chi connectivity index (χ1v) is 16.9. The van der Waals surface area contributed by atoms with Gasteiger partial charge in [0.2, 0.25) is 11.8 Å². The lowest BCUT2D eigenvalue weighted by Crippen LogP contribution is -2.53. The molecule has 1 saturated carbocycles. The summed E-state index contributed by atoms with van der Waals surface area (Å²) in [6, 6.07) is 16.1. The molecule has 0 aliphatic heterocycles. The van der Waals surface area contributed by atoms with Crippen LogP contribution in [0.15, 0.2) is 76.1 Å². The monoisotopic (exact) mass is 700 g/mol. The number of nitro groups is 1. The number of sulfonamides is 1. The van der Waals surface area contributed by atoms with Crippen LogP contribution >= 0.6 is 15.9 Å². The number of carbonyl (C=O) groups excluding carboxylic acids is 2. The fraction of sp³-hybridized carbons (Fsp3) is 0.375. The molecular formula is C32H37BrN4O7S. The van der Waals surface area contributed by atoms with Gasteiger partial charge in [0.25, 0.3) is 15.7 Å². The maximum absolute atomic E-state index is 14.2. The van der Waals surface area contributed by atoms with E-state index < -0.39 is 33.4 Å². The Morgan fingerprint density at radius 3 is 2.29 bits per heavy atom. The molecule has 13 heteroatoms. The van der Waals surface area contributed by atoms with Gasteiger partial charge in [-0.1, -0.05) is 53.4 Å². The van der Waals surface area contributed by atoms with Crippen molar-refractivity contribution < 1.29 is 27.7 Å². The second-order valence-corrected chi connectivity index (χ2v) is 13.9. The lowest BCUT2D eigenvalue weighted by atomic mass is 9.95. The summed E-state index contributed by atoms with van der Waals surface area (Å²) in [6.45, 7) is 2.54. The average molecular weight is 702 g/mol. The zero-order valence-electron chi connectivity index (χ0n) is 25.4. The van der Waals surface area contributed by atoms with E-state index in [4.69, 9.17) is 4.74 Å². The normalized spacial score (nSPS) is 14.3. The second kappa shape index (κ2) is 14.9. The Bertz CT molecular complexity index is 1630. The Balaban J connectivity index is 1.72. The van der Waals surface area contributed by atoms with Crippen LogP contribution in [0.3, 0.4) is 0 Å². The molecule has 4 rings (SSSR count). The summed E-state index contributed by atoms with van der Waals surface area (Å²) in [6.07, 6.45) is 4.89. The first-order chi connectivity index (χ1) is 21.4. The molecule has 0 unspecified atom stereocenters. The van der Waals surface area contributed by atoms with E-state index in [1.165, 1.54) is 43.2 Å². The minimum atomic E-state index is -4.49. The summed E-state index contributed by atoms with van der Waals surface area (Å²) in [5.74, 6) is -0.469. The number of anilines is 1. The molecule has 0 spiro atoms. The molecule has 0 aromatic heterocycles. The number of nitrogens with zero attached hydrogens (tertiary/aromatic N) is 3. The summed E-state index contributed by atoms with van der Waals surface area (Å²) in [7, 11) is -3.02. The molecule has 240 valence electrons. The molecule has 3 aromatic carbocycles. The van der Waals surface area contributed by atoms with Crippen LogP contribution in [0.25, 0.3) is 0 Å². The number of nitro benzene ring substituents is 1. The van der Waals surface area contributed by atoms with Gasteiger partial charge in [-0.15, -0.1) is 0 Å². The Hall–Kier alpha value is -3.97. The van der Waals surface area contributed by atoms with Gasteiger partial charge in [-0.3, -0.25) is 24.0 Å². The highest BCUT2D eigenvalue weighted by molar-refractivity contribution is 9.10. The van der Waals surface area contributed by atoms with E-state index in [9.17, 15) is 28.1 Å². The number of halogens is 1. The van der Waals surface area contributed by atoms with Gasteiger partial charge in [0.05, 0.1) is 22.6 Å². The van der Waals surface area contributed by atoms with Crippen LogP contribution in [0.2, 0.25) is 0 Å². The fourth-order valence-corrected chi connectivity index (χ4v) is 6.99. The lowest BCUT2D eigenvalue weighted by molar-refractivity contribution is -0.385. The van der Waals surface area contributed by atoms with Gasteiger partial charge in [-0.2, -0.15) is 0 Å². The maximum Gasteiger partial charge on any atom is 0.273 e. The van der Waals surface area contributed by atoms with Crippen LogP contribution in [-0.2, 0) is 26.2 Å². The van der Waals surface area contributed by atoms with Crippen LogP contribution in [-0.4, -0.2) is 55.8 Å². The molecule has 1 aliphatic carbocycles. The van der Waals surface area contributed by atoms with Gasteiger partial charge in [0.15, 0.2) is 0 Å².